The normalized spacial score (nSPS) is 14.8. The summed E-state index contributed by atoms with van der Waals surface area (Å²) >= 11 is 0. The Bertz CT molecular complexity index is 548. The molecule has 2 rings (SSSR count). The summed E-state index contributed by atoms with van der Waals surface area (Å²) in [5, 5.41) is 0. The van der Waals surface area contributed by atoms with Gasteiger partial charge < -0.3 is 9.47 Å². The number of para-hydroxylation sites is 1. The van der Waals surface area contributed by atoms with Crippen molar-refractivity contribution in [1.82, 2.24) is 0 Å². The zero-order chi connectivity index (χ0) is 11.8. The van der Waals surface area contributed by atoms with Gasteiger partial charge in [-0.25, -0.2) is 0 Å². The number of halogens is 1. The Morgan fingerprint density at radius 3 is 2.81 bits per heavy atom. The number of rotatable bonds is 2. The summed E-state index contributed by atoms with van der Waals surface area (Å²) in [5.41, 5.74) is 0.488. The molecule has 0 spiro atoms. The quantitative estimate of drug-likeness (QED) is 0.743. The van der Waals surface area contributed by atoms with Crippen LogP contribution >= 0.6 is 0 Å². The number of hydrogen-bond acceptors (Lipinski definition) is 4. The Hall–Kier alpha value is -1.56. The van der Waals surface area contributed by atoms with E-state index >= 15 is 0 Å². The van der Waals surface area contributed by atoms with Crippen molar-refractivity contribution in [2.75, 3.05) is 13.7 Å². The molecule has 0 amide bonds. The van der Waals surface area contributed by atoms with Gasteiger partial charge in [0.1, 0.15) is 11.5 Å². The van der Waals surface area contributed by atoms with Crippen LogP contribution in [0.4, 0.5) is 3.89 Å². The van der Waals surface area contributed by atoms with Gasteiger partial charge in [-0.2, -0.15) is 8.42 Å². The number of methoxy groups -OCH3 is 1. The first kappa shape index (κ1) is 10.9. The zero-order valence-electron chi connectivity index (χ0n) is 8.44. The fraction of sp³-hybridized carbons (Fsp3) is 0.200. The van der Waals surface area contributed by atoms with Crippen LogP contribution < -0.4 is 9.47 Å². The first-order chi connectivity index (χ1) is 7.52. The van der Waals surface area contributed by atoms with Crippen LogP contribution in [-0.2, 0) is 10.2 Å². The van der Waals surface area contributed by atoms with Crippen molar-refractivity contribution < 1.29 is 21.8 Å². The number of hydrogen-bond donors (Lipinski definition) is 0. The summed E-state index contributed by atoms with van der Waals surface area (Å²) in [6.45, 7) is -0.313. The summed E-state index contributed by atoms with van der Waals surface area (Å²) in [4.78, 5) is -0.381. The van der Waals surface area contributed by atoms with E-state index in [1.165, 1.54) is 13.2 Å². The van der Waals surface area contributed by atoms with E-state index in [9.17, 15) is 12.3 Å². The minimum atomic E-state index is -4.69. The summed E-state index contributed by atoms with van der Waals surface area (Å²) in [6.07, 6.45) is 1.25. The van der Waals surface area contributed by atoms with Crippen LogP contribution in [-0.4, -0.2) is 22.1 Å². The molecule has 0 unspecified atom stereocenters. The van der Waals surface area contributed by atoms with Gasteiger partial charge >= 0.3 is 10.2 Å². The largest absolute Gasteiger partial charge is 0.493 e. The van der Waals surface area contributed by atoms with Gasteiger partial charge in [-0.05, 0) is 12.1 Å². The lowest BCUT2D eigenvalue weighted by Crippen LogP contribution is -2.12. The van der Waals surface area contributed by atoms with Crippen LogP contribution in [0, 0.1) is 0 Å². The van der Waals surface area contributed by atoms with E-state index < -0.39 is 10.2 Å². The third-order valence-electron chi connectivity index (χ3n) is 2.22. The first-order valence-corrected chi connectivity index (χ1v) is 5.86. The van der Waals surface area contributed by atoms with Crippen molar-refractivity contribution in [2.24, 2.45) is 0 Å². The monoisotopic (exact) mass is 244 g/mol. The maximum Gasteiger partial charge on any atom is 0.331 e. The van der Waals surface area contributed by atoms with Crippen LogP contribution in [0.25, 0.3) is 6.08 Å². The van der Waals surface area contributed by atoms with Crippen LogP contribution in [0.3, 0.4) is 0 Å². The van der Waals surface area contributed by atoms with Gasteiger partial charge in [-0.15, -0.1) is 3.89 Å². The second-order valence-corrected chi connectivity index (χ2v) is 4.62. The van der Waals surface area contributed by atoms with Gasteiger partial charge in [0.05, 0.1) is 7.11 Å². The van der Waals surface area contributed by atoms with Crippen LogP contribution in [0.5, 0.6) is 11.5 Å². The highest BCUT2D eigenvalue weighted by Crippen LogP contribution is 2.36. The molecule has 6 heteroatoms. The van der Waals surface area contributed by atoms with Crippen molar-refractivity contribution in [2.45, 2.75) is 0 Å². The maximum absolute atomic E-state index is 12.7. The number of fused-ring (bicyclic) bond motifs is 1. The van der Waals surface area contributed by atoms with Crippen LogP contribution in [0.1, 0.15) is 5.56 Å². The van der Waals surface area contributed by atoms with Crippen LogP contribution in [0.2, 0.25) is 0 Å². The van der Waals surface area contributed by atoms with E-state index in [2.05, 4.69) is 0 Å². The molecule has 1 aliphatic heterocycles. The van der Waals surface area contributed by atoms with Gasteiger partial charge in [0, 0.05) is 5.56 Å². The Kier molecular flexibility index (Phi) is 2.59. The highest BCUT2D eigenvalue weighted by molar-refractivity contribution is 7.90. The smallest absolute Gasteiger partial charge is 0.331 e. The Morgan fingerprint density at radius 2 is 2.19 bits per heavy atom. The average Bonchev–Trinajstić information content (AvgIpc) is 2.26. The lowest BCUT2D eigenvalue weighted by atomic mass is 10.1. The maximum atomic E-state index is 12.7. The molecule has 0 atom stereocenters. The fourth-order valence-electron chi connectivity index (χ4n) is 1.46. The number of benzene rings is 1. The Labute approximate surface area is 92.5 Å². The van der Waals surface area contributed by atoms with Crippen molar-refractivity contribution in [3.05, 3.63) is 28.7 Å². The predicted octanol–water partition coefficient (Wildman–Crippen LogP) is 1.73. The lowest BCUT2D eigenvalue weighted by molar-refractivity contribution is 0.319. The van der Waals surface area contributed by atoms with E-state index in [4.69, 9.17) is 9.47 Å². The second-order valence-electron chi connectivity index (χ2n) is 3.22. The highest BCUT2D eigenvalue weighted by atomic mass is 32.3. The molecule has 4 nitrogen and oxygen atoms in total. The average molecular weight is 244 g/mol. The Balaban J connectivity index is 2.54. The van der Waals surface area contributed by atoms with E-state index in [1.807, 2.05) is 0 Å². The van der Waals surface area contributed by atoms with Crippen LogP contribution in [0.15, 0.2) is 23.1 Å². The molecule has 0 N–H and O–H groups in total. The predicted molar refractivity (Wildman–Crippen MR) is 56.5 cm³/mol. The molecule has 1 aliphatic rings. The summed E-state index contributed by atoms with van der Waals surface area (Å²) in [5.74, 6) is 0.918. The van der Waals surface area contributed by atoms with Crippen molar-refractivity contribution in [3.63, 3.8) is 0 Å². The van der Waals surface area contributed by atoms with Crippen molar-refractivity contribution in [1.29, 1.82) is 0 Å². The molecule has 16 heavy (non-hydrogen) atoms. The van der Waals surface area contributed by atoms with E-state index in [0.29, 0.717) is 17.1 Å². The molecule has 0 saturated heterocycles. The van der Waals surface area contributed by atoms with Crippen molar-refractivity contribution in [3.8, 4) is 11.5 Å². The summed E-state index contributed by atoms with van der Waals surface area (Å²) in [6, 6.07) is 4.98. The van der Waals surface area contributed by atoms with Gasteiger partial charge in [0.15, 0.2) is 11.5 Å². The van der Waals surface area contributed by atoms with E-state index in [1.54, 1.807) is 18.2 Å². The molecule has 86 valence electrons. The third-order valence-corrected chi connectivity index (χ3v) is 3.08. The summed E-state index contributed by atoms with van der Waals surface area (Å²) < 4.78 is 44.4. The number of ether oxygens (including phenoxy) is 2. The first-order valence-electron chi connectivity index (χ1n) is 4.47. The van der Waals surface area contributed by atoms with Crippen molar-refractivity contribution >= 4 is 16.3 Å². The molecule has 0 aliphatic carbocycles. The van der Waals surface area contributed by atoms with E-state index in [0.717, 1.165) is 0 Å². The minimum Gasteiger partial charge on any atom is -0.493 e. The molecule has 1 aromatic rings. The minimum absolute atomic E-state index is 0.313. The third kappa shape index (κ3) is 1.88. The lowest BCUT2D eigenvalue weighted by Gasteiger charge is -2.17. The molecule has 0 aromatic heterocycles. The Morgan fingerprint density at radius 1 is 1.44 bits per heavy atom. The molecular formula is C10H9FO4S. The molecule has 0 radical (unpaired) electrons. The molecule has 0 saturated carbocycles. The van der Waals surface area contributed by atoms with Gasteiger partial charge in [-0.3, -0.25) is 0 Å². The SMILES string of the molecule is COc1cccc2c1OCC(S(=O)(=O)F)=C2. The zero-order valence-corrected chi connectivity index (χ0v) is 9.25. The van der Waals surface area contributed by atoms with E-state index in [-0.39, 0.29) is 11.5 Å². The molecular weight excluding hydrogens is 235 g/mol. The fourth-order valence-corrected chi connectivity index (χ4v) is 1.93. The molecule has 1 aromatic carbocycles. The van der Waals surface area contributed by atoms with Gasteiger partial charge in [0.2, 0.25) is 0 Å². The molecule has 1 heterocycles. The summed E-state index contributed by atoms with van der Waals surface area (Å²) in [7, 11) is -3.22. The topological polar surface area (TPSA) is 52.6 Å². The molecule has 0 bridgehead atoms. The second kappa shape index (κ2) is 3.79. The standard InChI is InChI=1S/C10H9FO4S/c1-14-9-4-2-3-7-5-8(16(11,12)13)6-15-10(7)9/h2-5H,6H2,1H3. The highest BCUT2D eigenvalue weighted by Gasteiger charge is 2.23. The van der Waals surface area contributed by atoms with Gasteiger partial charge in [-0.1, -0.05) is 12.1 Å². The molecule has 0 fully saturated rings. The van der Waals surface area contributed by atoms with Gasteiger partial charge in [0.25, 0.3) is 0 Å².